The summed E-state index contributed by atoms with van der Waals surface area (Å²) in [4.78, 5) is 25.4. The summed E-state index contributed by atoms with van der Waals surface area (Å²) in [6.07, 6.45) is 1.71. The standard InChI is InChI=1S/C20H18N2O6/c23-17-7-8-27-18-14(17)5-6-16(22(25)26)19(18)28-13-4-1-11-10-21(12-2-3-12)20(24)15(11)9-13/h1,4-6,9,12,17,23H,2-3,7-8,10H2. The summed E-state index contributed by atoms with van der Waals surface area (Å²) in [6, 6.07) is 8.26. The van der Waals surface area contributed by atoms with Gasteiger partial charge in [0.05, 0.1) is 17.6 Å². The number of carbonyl (C=O) groups excluding carboxylic acids is 1. The molecule has 2 aromatic carbocycles. The lowest BCUT2D eigenvalue weighted by atomic mass is 10.0. The molecule has 0 spiro atoms. The summed E-state index contributed by atoms with van der Waals surface area (Å²) in [5, 5.41) is 21.7. The first-order valence-corrected chi connectivity index (χ1v) is 9.27. The van der Waals surface area contributed by atoms with Crippen molar-refractivity contribution in [3.8, 4) is 17.2 Å². The number of fused-ring (bicyclic) bond motifs is 2. The van der Waals surface area contributed by atoms with E-state index in [2.05, 4.69) is 0 Å². The number of nitro benzene ring substituents is 1. The lowest BCUT2D eigenvalue weighted by Gasteiger charge is -2.24. The molecule has 144 valence electrons. The molecule has 8 heteroatoms. The van der Waals surface area contributed by atoms with Crippen LogP contribution in [0, 0.1) is 10.1 Å². The summed E-state index contributed by atoms with van der Waals surface area (Å²) >= 11 is 0. The first-order valence-electron chi connectivity index (χ1n) is 9.27. The van der Waals surface area contributed by atoms with Crippen molar-refractivity contribution in [2.24, 2.45) is 0 Å². The molecule has 2 heterocycles. The van der Waals surface area contributed by atoms with E-state index in [9.17, 15) is 20.0 Å². The van der Waals surface area contributed by atoms with E-state index in [-0.39, 0.29) is 29.7 Å². The van der Waals surface area contributed by atoms with Crippen LogP contribution in [-0.2, 0) is 6.54 Å². The zero-order valence-corrected chi connectivity index (χ0v) is 15.0. The van der Waals surface area contributed by atoms with Crippen molar-refractivity contribution in [1.29, 1.82) is 0 Å². The van der Waals surface area contributed by atoms with Gasteiger partial charge in [-0.3, -0.25) is 14.9 Å². The Bertz CT molecular complexity index is 1000. The van der Waals surface area contributed by atoms with Crippen molar-refractivity contribution < 1.29 is 24.3 Å². The molecule has 1 amide bonds. The average Bonchev–Trinajstić information content (AvgIpc) is 3.47. The van der Waals surface area contributed by atoms with E-state index in [1.807, 2.05) is 11.0 Å². The van der Waals surface area contributed by atoms with Gasteiger partial charge in [-0.1, -0.05) is 6.07 Å². The van der Waals surface area contributed by atoms with Crippen LogP contribution in [0.2, 0.25) is 0 Å². The zero-order valence-electron chi connectivity index (χ0n) is 15.0. The molecule has 0 aromatic heterocycles. The lowest BCUT2D eigenvalue weighted by Crippen LogP contribution is -2.25. The largest absolute Gasteiger partial charge is 0.489 e. The fourth-order valence-electron chi connectivity index (χ4n) is 3.81. The summed E-state index contributed by atoms with van der Waals surface area (Å²) in [6.45, 7) is 0.833. The number of nitrogens with zero attached hydrogens (tertiary/aromatic N) is 2. The summed E-state index contributed by atoms with van der Waals surface area (Å²) in [5.74, 6) is 0.425. The molecule has 2 aliphatic heterocycles. The Morgan fingerprint density at radius 3 is 2.79 bits per heavy atom. The molecule has 0 radical (unpaired) electrons. The molecular weight excluding hydrogens is 364 g/mol. The predicted molar refractivity (Wildman–Crippen MR) is 97.6 cm³/mol. The monoisotopic (exact) mass is 382 g/mol. The van der Waals surface area contributed by atoms with Gasteiger partial charge in [0, 0.05) is 36.2 Å². The molecule has 5 rings (SSSR count). The number of rotatable bonds is 4. The van der Waals surface area contributed by atoms with Crippen molar-refractivity contribution in [1.82, 2.24) is 4.90 Å². The number of carbonyl (C=O) groups is 1. The van der Waals surface area contributed by atoms with Crippen LogP contribution in [0.15, 0.2) is 30.3 Å². The zero-order chi connectivity index (χ0) is 19.4. The van der Waals surface area contributed by atoms with E-state index in [0.29, 0.717) is 35.9 Å². The highest BCUT2D eigenvalue weighted by Gasteiger charge is 2.38. The van der Waals surface area contributed by atoms with E-state index in [1.54, 1.807) is 12.1 Å². The number of ether oxygens (including phenoxy) is 2. The Morgan fingerprint density at radius 1 is 1.21 bits per heavy atom. The number of hydrogen-bond donors (Lipinski definition) is 1. The van der Waals surface area contributed by atoms with Crippen LogP contribution in [0.3, 0.4) is 0 Å². The molecule has 1 saturated carbocycles. The first-order chi connectivity index (χ1) is 13.5. The van der Waals surface area contributed by atoms with Gasteiger partial charge < -0.3 is 19.5 Å². The molecular formula is C20H18N2O6. The minimum atomic E-state index is -0.763. The Labute approximate surface area is 160 Å². The van der Waals surface area contributed by atoms with Crippen LogP contribution in [0.25, 0.3) is 0 Å². The van der Waals surface area contributed by atoms with Gasteiger partial charge in [-0.15, -0.1) is 0 Å². The first kappa shape index (κ1) is 17.0. The SMILES string of the molecule is O=C1c2cc(Oc3c([N+](=O)[O-])ccc4c3OCCC4O)ccc2CN1C1CC1. The average molecular weight is 382 g/mol. The maximum absolute atomic E-state index is 12.6. The number of aliphatic hydroxyl groups is 1. The maximum atomic E-state index is 12.6. The van der Waals surface area contributed by atoms with Crippen LogP contribution in [0.1, 0.15) is 46.9 Å². The number of amides is 1. The van der Waals surface area contributed by atoms with E-state index in [1.165, 1.54) is 12.1 Å². The fourth-order valence-corrected chi connectivity index (χ4v) is 3.81. The summed E-state index contributed by atoms with van der Waals surface area (Å²) in [7, 11) is 0. The Hall–Kier alpha value is -3.13. The maximum Gasteiger partial charge on any atom is 0.315 e. The number of hydrogen-bond acceptors (Lipinski definition) is 6. The van der Waals surface area contributed by atoms with Crippen LogP contribution < -0.4 is 9.47 Å². The number of nitro groups is 1. The van der Waals surface area contributed by atoms with Crippen molar-refractivity contribution >= 4 is 11.6 Å². The Morgan fingerprint density at radius 2 is 2.04 bits per heavy atom. The lowest BCUT2D eigenvalue weighted by molar-refractivity contribution is -0.385. The molecule has 1 aliphatic carbocycles. The molecule has 1 atom stereocenters. The normalized spacial score (nSPS) is 20.4. The third kappa shape index (κ3) is 2.68. The van der Waals surface area contributed by atoms with E-state index in [4.69, 9.17) is 9.47 Å². The van der Waals surface area contributed by atoms with Crippen molar-refractivity contribution in [2.45, 2.75) is 38.0 Å². The van der Waals surface area contributed by atoms with E-state index >= 15 is 0 Å². The highest BCUT2D eigenvalue weighted by Crippen LogP contribution is 2.47. The van der Waals surface area contributed by atoms with Crippen molar-refractivity contribution in [2.75, 3.05) is 6.61 Å². The second kappa shape index (κ2) is 6.20. The summed E-state index contributed by atoms with van der Waals surface area (Å²) in [5.41, 5.74) is 1.71. The topological polar surface area (TPSA) is 102 Å². The molecule has 0 bridgehead atoms. The van der Waals surface area contributed by atoms with Crippen molar-refractivity contribution in [3.63, 3.8) is 0 Å². The van der Waals surface area contributed by atoms with E-state index < -0.39 is 11.0 Å². The van der Waals surface area contributed by atoms with Gasteiger partial charge >= 0.3 is 5.69 Å². The van der Waals surface area contributed by atoms with Gasteiger partial charge in [0.15, 0.2) is 5.75 Å². The molecule has 1 unspecified atom stereocenters. The molecule has 28 heavy (non-hydrogen) atoms. The highest BCUT2D eigenvalue weighted by molar-refractivity contribution is 5.99. The van der Waals surface area contributed by atoms with Gasteiger partial charge in [-0.25, -0.2) is 0 Å². The van der Waals surface area contributed by atoms with Crippen molar-refractivity contribution in [3.05, 3.63) is 57.1 Å². The fraction of sp³-hybridized carbons (Fsp3) is 0.350. The van der Waals surface area contributed by atoms with Crippen LogP contribution in [-0.4, -0.2) is 33.5 Å². The van der Waals surface area contributed by atoms with Crippen LogP contribution in [0.5, 0.6) is 17.2 Å². The second-order valence-electron chi connectivity index (χ2n) is 7.33. The minimum Gasteiger partial charge on any atom is -0.489 e. The smallest absolute Gasteiger partial charge is 0.315 e. The summed E-state index contributed by atoms with van der Waals surface area (Å²) < 4.78 is 11.4. The van der Waals surface area contributed by atoms with Gasteiger partial charge in [-0.2, -0.15) is 0 Å². The third-order valence-corrected chi connectivity index (χ3v) is 5.44. The predicted octanol–water partition coefficient (Wildman–Crippen LogP) is 3.32. The molecule has 3 aliphatic rings. The molecule has 2 aromatic rings. The third-order valence-electron chi connectivity index (χ3n) is 5.44. The highest BCUT2D eigenvalue weighted by atomic mass is 16.6. The molecule has 8 nitrogen and oxygen atoms in total. The van der Waals surface area contributed by atoms with Crippen LogP contribution in [0.4, 0.5) is 5.69 Å². The number of aliphatic hydroxyl groups excluding tert-OH is 1. The van der Waals surface area contributed by atoms with Gasteiger partial charge in [-0.05, 0) is 36.6 Å². The van der Waals surface area contributed by atoms with Crippen LogP contribution >= 0.6 is 0 Å². The number of benzene rings is 2. The molecule has 1 fully saturated rings. The van der Waals surface area contributed by atoms with Gasteiger partial charge in [0.25, 0.3) is 5.91 Å². The van der Waals surface area contributed by atoms with Gasteiger partial charge in [0.1, 0.15) is 5.75 Å². The Kier molecular flexibility index (Phi) is 3.77. The van der Waals surface area contributed by atoms with Gasteiger partial charge in [0.2, 0.25) is 5.75 Å². The molecule has 1 N–H and O–H groups in total. The minimum absolute atomic E-state index is 0.0285. The second-order valence-corrected chi connectivity index (χ2v) is 7.33. The Balaban J connectivity index is 1.53. The molecule has 0 saturated heterocycles. The quantitative estimate of drug-likeness (QED) is 0.643. The van der Waals surface area contributed by atoms with E-state index in [0.717, 1.165) is 18.4 Å².